The first kappa shape index (κ1) is 15.0. The average molecular weight is 255 g/mol. The Bertz CT molecular complexity index is 305. The van der Waals surface area contributed by atoms with Gasteiger partial charge in [-0.25, -0.2) is 0 Å². The summed E-state index contributed by atoms with van der Waals surface area (Å²) in [5, 5.41) is 0. The summed E-state index contributed by atoms with van der Waals surface area (Å²) in [7, 11) is 0. The van der Waals surface area contributed by atoms with Crippen molar-refractivity contribution in [2.45, 2.75) is 39.7 Å². The fourth-order valence-electron chi connectivity index (χ4n) is 2.49. The zero-order valence-corrected chi connectivity index (χ0v) is 11.7. The monoisotopic (exact) mass is 255 g/mol. The highest BCUT2D eigenvalue weighted by atomic mass is 16.2. The van der Waals surface area contributed by atoms with Crippen molar-refractivity contribution in [3.8, 4) is 0 Å². The first-order valence-electron chi connectivity index (χ1n) is 6.75. The van der Waals surface area contributed by atoms with Crippen LogP contribution in [-0.4, -0.2) is 53.8 Å². The minimum Gasteiger partial charge on any atom is -0.343 e. The molecule has 1 fully saturated rings. The number of amides is 2. The van der Waals surface area contributed by atoms with Gasteiger partial charge in [0.25, 0.3) is 0 Å². The number of hydrogen-bond acceptors (Lipinski definition) is 3. The molecule has 0 aliphatic carbocycles. The van der Waals surface area contributed by atoms with Crippen molar-refractivity contribution in [2.24, 2.45) is 11.7 Å². The van der Waals surface area contributed by atoms with Crippen LogP contribution >= 0.6 is 0 Å². The van der Waals surface area contributed by atoms with Gasteiger partial charge in [0.15, 0.2) is 0 Å². The van der Waals surface area contributed by atoms with Crippen LogP contribution < -0.4 is 5.73 Å². The molecule has 2 amide bonds. The summed E-state index contributed by atoms with van der Waals surface area (Å²) in [5.41, 5.74) is 5.63. The van der Waals surface area contributed by atoms with Gasteiger partial charge in [0, 0.05) is 33.1 Å². The van der Waals surface area contributed by atoms with Crippen molar-refractivity contribution in [1.82, 2.24) is 9.80 Å². The molecule has 0 aromatic heterocycles. The molecule has 104 valence electrons. The number of nitrogens with zero attached hydrogens (tertiary/aromatic N) is 2. The summed E-state index contributed by atoms with van der Waals surface area (Å²) in [6.07, 6.45) is 2.07. The highest BCUT2D eigenvalue weighted by Crippen LogP contribution is 2.18. The van der Waals surface area contributed by atoms with Crippen LogP contribution in [-0.2, 0) is 9.59 Å². The number of nitrogens with two attached hydrogens (primary N) is 1. The molecule has 1 aliphatic rings. The molecule has 5 nitrogen and oxygen atoms in total. The SMILES string of the molecule is CCN(CC1CCCN(C(=O)[C@H](C)N)C1)C(C)=O. The molecule has 1 heterocycles. The Morgan fingerprint density at radius 2 is 2.17 bits per heavy atom. The number of rotatable bonds is 4. The quantitative estimate of drug-likeness (QED) is 0.792. The number of hydrogen-bond donors (Lipinski definition) is 1. The molecule has 0 saturated carbocycles. The van der Waals surface area contributed by atoms with Crippen LogP contribution in [0.2, 0.25) is 0 Å². The number of carbonyl (C=O) groups is 2. The summed E-state index contributed by atoms with van der Waals surface area (Å²) < 4.78 is 0. The third kappa shape index (κ3) is 3.98. The molecule has 0 radical (unpaired) electrons. The highest BCUT2D eigenvalue weighted by Gasteiger charge is 2.26. The van der Waals surface area contributed by atoms with Gasteiger partial charge < -0.3 is 15.5 Å². The van der Waals surface area contributed by atoms with E-state index in [4.69, 9.17) is 5.73 Å². The zero-order chi connectivity index (χ0) is 13.7. The number of likely N-dealkylation sites (tertiary alicyclic amines) is 1. The van der Waals surface area contributed by atoms with Gasteiger partial charge in [0.05, 0.1) is 6.04 Å². The van der Waals surface area contributed by atoms with E-state index in [1.165, 1.54) is 0 Å². The van der Waals surface area contributed by atoms with Crippen LogP contribution in [0.4, 0.5) is 0 Å². The topological polar surface area (TPSA) is 66.6 Å². The predicted octanol–water partition coefficient (Wildman–Crippen LogP) is 0.441. The lowest BCUT2D eigenvalue weighted by Crippen LogP contribution is -2.49. The molecular formula is C13H25N3O2. The molecule has 18 heavy (non-hydrogen) atoms. The third-order valence-electron chi connectivity index (χ3n) is 3.53. The van der Waals surface area contributed by atoms with Gasteiger partial charge in [-0.15, -0.1) is 0 Å². The van der Waals surface area contributed by atoms with Gasteiger partial charge in [-0.2, -0.15) is 0 Å². The fraction of sp³-hybridized carbons (Fsp3) is 0.846. The third-order valence-corrected chi connectivity index (χ3v) is 3.53. The number of piperidine rings is 1. The Hall–Kier alpha value is -1.10. The van der Waals surface area contributed by atoms with Crippen LogP contribution in [0.25, 0.3) is 0 Å². The molecule has 2 N–H and O–H groups in total. The van der Waals surface area contributed by atoms with Crippen molar-refractivity contribution in [1.29, 1.82) is 0 Å². The first-order chi connectivity index (χ1) is 8.45. The lowest BCUT2D eigenvalue weighted by molar-refractivity contribution is -0.134. The van der Waals surface area contributed by atoms with Gasteiger partial charge in [-0.3, -0.25) is 9.59 Å². The Labute approximate surface area is 109 Å². The van der Waals surface area contributed by atoms with Crippen LogP contribution in [0.15, 0.2) is 0 Å². The molecule has 1 aliphatic heterocycles. The summed E-state index contributed by atoms with van der Waals surface area (Å²) in [5.74, 6) is 0.504. The Balaban J connectivity index is 2.53. The van der Waals surface area contributed by atoms with Crippen molar-refractivity contribution in [3.05, 3.63) is 0 Å². The van der Waals surface area contributed by atoms with Gasteiger partial charge in [0.1, 0.15) is 0 Å². The van der Waals surface area contributed by atoms with Crippen molar-refractivity contribution >= 4 is 11.8 Å². The van der Waals surface area contributed by atoms with Gasteiger partial charge in [-0.05, 0) is 32.6 Å². The summed E-state index contributed by atoms with van der Waals surface area (Å²) >= 11 is 0. The molecule has 0 bridgehead atoms. The van der Waals surface area contributed by atoms with Gasteiger partial charge in [-0.1, -0.05) is 0 Å². The Morgan fingerprint density at radius 3 is 2.67 bits per heavy atom. The predicted molar refractivity (Wildman–Crippen MR) is 70.9 cm³/mol. The number of carbonyl (C=O) groups excluding carboxylic acids is 2. The van der Waals surface area contributed by atoms with E-state index in [1.54, 1.807) is 13.8 Å². The molecule has 0 spiro atoms. The molecule has 1 saturated heterocycles. The summed E-state index contributed by atoms with van der Waals surface area (Å²) in [6.45, 7) is 8.29. The van der Waals surface area contributed by atoms with E-state index in [0.29, 0.717) is 5.92 Å². The summed E-state index contributed by atoms with van der Waals surface area (Å²) in [4.78, 5) is 26.9. The smallest absolute Gasteiger partial charge is 0.239 e. The molecule has 1 unspecified atom stereocenters. The average Bonchev–Trinajstić information content (AvgIpc) is 2.34. The van der Waals surface area contributed by atoms with E-state index in [-0.39, 0.29) is 11.8 Å². The minimum atomic E-state index is -0.432. The fourth-order valence-corrected chi connectivity index (χ4v) is 2.49. The second-order valence-corrected chi connectivity index (χ2v) is 5.14. The Morgan fingerprint density at radius 1 is 1.50 bits per heavy atom. The highest BCUT2D eigenvalue weighted by molar-refractivity contribution is 5.81. The molecule has 2 atom stereocenters. The molecule has 1 rings (SSSR count). The van der Waals surface area contributed by atoms with E-state index < -0.39 is 6.04 Å². The van der Waals surface area contributed by atoms with E-state index in [0.717, 1.165) is 39.0 Å². The van der Waals surface area contributed by atoms with Gasteiger partial charge >= 0.3 is 0 Å². The van der Waals surface area contributed by atoms with Crippen LogP contribution in [0.3, 0.4) is 0 Å². The van der Waals surface area contributed by atoms with Crippen molar-refractivity contribution in [2.75, 3.05) is 26.2 Å². The second kappa shape index (κ2) is 6.73. The normalized spacial score (nSPS) is 21.6. The Kier molecular flexibility index (Phi) is 5.59. The maximum Gasteiger partial charge on any atom is 0.239 e. The lowest BCUT2D eigenvalue weighted by atomic mass is 9.97. The van der Waals surface area contributed by atoms with E-state index >= 15 is 0 Å². The first-order valence-corrected chi connectivity index (χ1v) is 6.75. The van der Waals surface area contributed by atoms with Crippen LogP contribution in [0.5, 0.6) is 0 Å². The van der Waals surface area contributed by atoms with E-state index in [1.807, 2.05) is 16.7 Å². The second-order valence-electron chi connectivity index (χ2n) is 5.14. The maximum atomic E-state index is 11.9. The van der Waals surface area contributed by atoms with E-state index in [9.17, 15) is 9.59 Å². The van der Waals surface area contributed by atoms with Crippen molar-refractivity contribution in [3.63, 3.8) is 0 Å². The van der Waals surface area contributed by atoms with E-state index in [2.05, 4.69) is 0 Å². The largest absolute Gasteiger partial charge is 0.343 e. The maximum absolute atomic E-state index is 11.9. The molecule has 0 aromatic rings. The summed E-state index contributed by atoms with van der Waals surface area (Å²) in [6, 6.07) is -0.432. The van der Waals surface area contributed by atoms with Crippen molar-refractivity contribution < 1.29 is 9.59 Å². The molecular weight excluding hydrogens is 230 g/mol. The standard InChI is InChI=1S/C13H25N3O2/c1-4-15(11(3)17)8-12-6-5-7-16(9-12)13(18)10(2)14/h10,12H,4-9,14H2,1-3H3/t10-,12?/m0/s1. The zero-order valence-electron chi connectivity index (χ0n) is 11.7. The van der Waals surface area contributed by atoms with Crippen LogP contribution in [0, 0.1) is 5.92 Å². The lowest BCUT2D eigenvalue weighted by Gasteiger charge is -2.36. The minimum absolute atomic E-state index is 0.0190. The van der Waals surface area contributed by atoms with Crippen LogP contribution in [0.1, 0.15) is 33.6 Å². The molecule has 0 aromatic carbocycles. The molecule has 5 heteroatoms. The van der Waals surface area contributed by atoms with Gasteiger partial charge in [0.2, 0.25) is 11.8 Å².